The summed E-state index contributed by atoms with van der Waals surface area (Å²) in [5.74, 6) is 0.860. The monoisotopic (exact) mass is 269 g/mol. The van der Waals surface area contributed by atoms with Crippen LogP contribution < -0.4 is 5.73 Å². The lowest BCUT2D eigenvalue weighted by Gasteiger charge is -2.34. The molecule has 1 fully saturated rings. The molecule has 1 aliphatic rings. The van der Waals surface area contributed by atoms with Crippen LogP contribution in [0.5, 0.6) is 0 Å². The zero-order valence-corrected chi connectivity index (χ0v) is 13.4. The van der Waals surface area contributed by atoms with Gasteiger partial charge in [0.25, 0.3) is 0 Å². The predicted octanol–water partition coefficient (Wildman–Crippen LogP) is 2.56. The van der Waals surface area contributed by atoms with Gasteiger partial charge in [0, 0.05) is 12.6 Å². The molecule has 0 spiro atoms. The van der Waals surface area contributed by atoms with Crippen molar-refractivity contribution >= 4 is 0 Å². The Morgan fingerprint density at radius 2 is 1.63 bits per heavy atom. The fourth-order valence-electron chi connectivity index (χ4n) is 3.58. The number of hydrogen-bond donors (Lipinski definition) is 1. The molecule has 3 nitrogen and oxygen atoms in total. The lowest BCUT2D eigenvalue weighted by molar-refractivity contribution is 0.145. The Labute approximate surface area is 120 Å². The molecular weight excluding hydrogens is 234 g/mol. The van der Waals surface area contributed by atoms with E-state index in [2.05, 4.69) is 30.6 Å². The summed E-state index contributed by atoms with van der Waals surface area (Å²) in [7, 11) is 0. The first-order valence-corrected chi connectivity index (χ1v) is 8.43. The van der Waals surface area contributed by atoms with Crippen molar-refractivity contribution in [2.75, 3.05) is 39.3 Å². The topological polar surface area (TPSA) is 32.5 Å². The second-order valence-electron chi connectivity index (χ2n) is 5.86. The van der Waals surface area contributed by atoms with Gasteiger partial charge in [0.2, 0.25) is 0 Å². The molecule has 1 aliphatic carbocycles. The van der Waals surface area contributed by atoms with Crippen molar-refractivity contribution in [3.8, 4) is 0 Å². The molecule has 0 aromatic carbocycles. The van der Waals surface area contributed by atoms with Crippen LogP contribution >= 0.6 is 0 Å². The second-order valence-corrected chi connectivity index (χ2v) is 5.86. The molecule has 1 rings (SSSR count). The van der Waals surface area contributed by atoms with Crippen molar-refractivity contribution in [1.29, 1.82) is 0 Å². The van der Waals surface area contributed by atoms with Gasteiger partial charge in [-0.25, -0.2) is 0 Å². The van der Waals surface area contributed by atoms with E-state index in [4.69, 9.17) is 5.73 Å². The lowest BCUT2D eigenvalue weighted by atomic mass is 9.96. The fraction of sp³-hybridized carbons (Fsp3) is 1.00. The summed E-state index contributed by atoms with van der Waals surface area (Å²) in [5.41, 5.74) is 6.06. The molecular formula is C16H35N3. The molecule has 0 radical (unpaired) electrons. The highest BCUT2D eigenvalue weighted by Gasteiger charge is 2.27. The molecule has 19 heavy (non-hydrogen) atoms. The summed E-state index contributed by atoms with van der Waals surface area (Å²) < 4.78 is 0. The Kier molecular flexibility index (Phi) is 8.67. The van der Waals surface area contributed by atoms with Gasteiger partial charge in [-0.2, -0.15) is 0 Å². The average molecular weight is 269 g/mol. The first-order valence-electron chi connectivity index (χ1n) is 8.43. The minimum absolute atomic E-state index is 0.629. The minimum atomic E-state index is 0.629. The molecule has 1 unspecified atom stereocenters. The van der Waals surface area contributed by atoms with E-state index in [0.717, 1.165) is 19.0 Å². The first-order chi connectivity index (χ1) is 9.26. The maximum atomic E-state index is 6.06. The molecule has 0 aliphatic heterocycles. The highest BCUT2D eigenvalue weighted by molar-refractivity contribution is 4.83. The van der Waals surface area contributed by atoms with Crippen LogP contribution in [0.2, 0.25) is 0 Å². The van der Waals surface area contributed by atoms with Crippen molar-refractivity contribution in [3.63, 3.8) is 0 Å². The molecule has 0 saturated heterocycles. The van der Waals surface area contributed by atoms with E-state index in [1.807, 2.05) is 0 Å². The lowest BCUT2D eigenvalue weighted by Crippen LogP contribution is -2.46. The molecule has 1 saturated carbocycles. The zero-order chi connectivity index (χ0) is 14.1. The molecule has 0 aromatic rings. The highest BCUT2D eigenvalue weighted by atomic mass is 15.2. The predicted molar refractivity (Wildman–Crippen MR) is 84.5 cm³/mol. The van der Waals surface area contributed by atoms with Gasteiger partial charge in [0.1, 0.15) is 0 Å². The number of rotatable bonds is 10. The maximum Gasteiger partial charge on any atom is 0.0246 e. The van der Waals surface area contributed by atoms with Crippen molar-refractivity contribution < 1.29 is 0 Å². The highest BCUT2D eigenvalue weighted by Crippen LogP contribution is 2.29. The van der Waals surface area contributed by atoms with Crippen LogP contribution in [0.1, 0.15) is 52.9 Å². The number of nitrogens with two attached hydrogens (primary N) is 1. The van der Waals surface area contributed by atoms with Crippen molar-refractivity contribution in [3.05, 3.63) is 0 Å². The summed E-state index contributed by atoms with van der Waals surface area (Å²) in [5, 5.41) is 0. The smallest absolute Gasteiger partial charge is 0.0246 e. The second kappa shape index (κ2) is 9.73. The van der Waals surface area contributed by atoms with Gasteiger partial charge in [0.15, 0.2) is 0 Å². The van der Waals surface area contributed by atoms with E-state index in [1.54, 1.807) is 0 Å². The molecule has 3 heteroatoms. The molecule has 0 bridgehead atoms. The van der Waals surface area contributed by atoms with Crippen molar-refractivity contribution in [2.45, 2.75) is 58.9 Å². The van der Waals surface area contributed by atoms with Crippen LogP contribution in [0.4, 0.5) is 0 Å². The van der Waals surface area contributed by atoms with Crippen LogP contribution in [-0.2, 0) is 0 Å². The van der Waals surface area contributed by atoms with Gasteiger partial charge in [-0.3, -0.25) is 4.90 Å². The van der Waals surface area contributed by atoms with Crippen LogP contribution in [0.25, 0.3) is 0 Å². The number of likely N-dealkylation sites (N-methyl/N-ethyl adjacent to an activating group) is 1. The Hall–Kier alpha value is -0.120. The van der Waals surface area contributed by atoms with Crippen LogP contribution in [0, 0.1) is 5.92 Å². The number of hydrogen-bond acceptors (Lipinski definition) is 3. The van der Waals surface area contributed by atoms with Crippen LogP contribution in [-0.4, -0.2) is 55.1 Å². The van der Waals surface area contributed by atoms with Gasteiger partial charge < -0.3 is 10.6 Å². The Bertz CT molecular complexity index is 210. The standard InChI is InChI=1S/C16H35N3/c1-4-18(5-2)12-9-13-19(6-3)16(14-17)15-10-7-8-11-15/h15-16H,4-14,17H2,1-3H3. The van der Waals surface area contributed by atoms with Gasteiger partial charge in [-0.05, 0) is 57.9 Å². The van der Waals surface area contributed by atoms with E-state index in [0.29, 0.717) is 6.04 Å². The first kappa shape index (κ1) is 16.9. The summed E-state index contributed by atoms with van der Waals surface area (Å²) in [6, 6.07) is 0.629. The Morgan fingerprint density at radius 3 is 2.11 bits per heavy atom. The third-order valence-electron chi connectivity index (χ3n) is 4.87. The third-order valence-corrected chi connectivity index (χ3v) is 4.87. The Balaban J connectivity index is 2.37. The van der Waals surface area contributed by atoms with E-state index in [1.165, 1.54) is 58.3 Å². The Morgan fingerprint density at radius 1 is 1.00 bits per heavy atom. The van der Waals surface area contributed by atoms with E-state index < -0.39 is 0 Å². The molecule has 2 N–H and O–H groups in total. The van der Waals surface area contributed by atoms with Crippen molar-refractivity contribution in [2.24, 2.45) is 11.7 Å². The number of nitrogens with zero attached hydrogens (tertiary/aromatic N) is 2. The summed E-state index contributed by atoms with van der Waals surface area (Å²) >= 11 is 0. The minimum Gasteiger partial charge on any atom is -0.329 e. The maximum absolute atomic E-state index is 6.06. The molecule has 1 atom stereocenters. The largest absolute Gasteiger partial charge is 0.329 e. The van der Waals surface area contributed by atoms with Crippen LogP contribution in [0.15, 0.2) is 0 Å². The van der Waals surface area contributed by atoms with E-state index in [-0.39, 0.29) is 0 Å². The summed E-state index contributed by atoms with van der Waals surface area (Å²) in [4.78, 5) is 5.15. The molecule has 114 valence electrons. The van der Waals surface area contributed by atoms with Gasteiger partial charge in [0.05, 0.1) is 0 Å². The zero-order valence-electron chi connectivity index (χ0n) is 13.4. The van der Waals surface area contributed by atoms with E-state index >= 15 is 0 Å². The van der Waals surface area contributed by atoms with Crippen LogP contribution in [0.3, 0.4) is 0 Å². The quantitative estimate of drug-likeness (QED) is 0.661. The SMILES string of the molecule is CCN(CC)CCCN(CC)C(CN)C1CCCC1. The average Bonchev–Trinajstić information content (AvgIpc) is 2.96. The fourth-order valence-corrected chi connectivity index (χ4v) is 3.58. The summed E-state index contributed by atoms with van der Waals surface area (Å²) in [6.45, 7) is 13.6. The molecule has 0 heterocycles. The molecule has 0 aromatic heterocycles. The van der Waals surface area contributed by atoms with Crippen molar-refractivity contribution in [1.82, 2.24) is 9.80 Å². The normalized spacial score (nSPS) is 18.6. The van der Waals surface area contributed by atoms with E-state index in [9.17, 15) is 0 Å². The van der Waals surface area contributed by atoms with Gasteiger partial charge >= 0.3 is 0 Å². The van der Waals surface area contributed by atoms with Gasteiger partial charge in [-0.15, -0.1) is 0 Å². The summed E-state index contributed by atoms with van der Waals surface area (Å²) in [6.07, 6.45) is 6.90. The third kappa shape index (κ3) is 5.41. The molecule has 0 amide bonds. The van der Waals surface area contributed by atoms with Gasteiger partial charge in [-0.1, -0.05) is 33.6 Å².